The smallest absolute Gasteiger partial charge is 0.314 e. The van der Waals surface area contributed by atoms with E-state index in [-0.39, 0.29) is 17.6 Å². The molecule has 3 unspecified atom stereocenters. The van der Waals surface area contributed by atoms with Gasteiger partial charge in [0.1, 0.15) is 0 Å². The number of aliphatic hydroxyl groups is 1. The van der Waals surface area contributed by atoms with Gasteiger partial charge in [-0.2, -0.15) is 10.1 Å². The molecule has 6 rings (SSSR count). The number of methoxy groups -OCH3 is 1. The van der Waals surface area contributed by atoms with Crippen molar-refractivity contribution in [3.8, 4) is 0 Å². The molecule has 4 saturated carbocycles. The number of hydrogen-bond donors (Lipinski definition) is 3. The normalized spacial score (nSPS) is 30.8. The number of aryl methyl sites for hydroxylation is 1. The first-order valence-corrected chi connectivity index (χ1v) is 11.6. The molecule has 10 heteroatoms. The summed E-state index contributed by atoms with van der Waals surface area (Å²) in [5.74, 6) is -0.185. The molecule has 9 nitrogen and oxygen atoms in total. The van der Waals surface area contributed by atoms with Crippen LogP contribution in [0, 0.1) is 30.5 Å². The Morgan fingerprint density at radius 3 is 2.61 bits per heavy atom. The second-order valence-electron chi connectivity index (χ2n) is 10.2. The van der Waals surface area contributed by atoms with Gasteiger partial charge in [-0.3, -0.25) is 9.89 Å². The highest BCUT2D eigenvalue weighted by Crippen LogP contribution is 2.57. The van der Waals surface area contributed by atoms with Gasteiger partial charge in [0.05, 0.1) is 24.3 Å². The summed E-state index contributed by atoms with van der Waals surface area (Å²) < 4.78 is 20.3. The van der Waals surface area contributed by atoms with Crippen LogP contribution in [0.2, 0.25) is 0 Å². The zero-order valence-electron chi connectivity index (χ0n) is 19.4. The van der Waals surface area contributed by atoms with Crippen LogP contribution >= 0.6 is 0 Å². The van der Waals surface area contributed by atoms with Gasteiger partial charge in [0.2, 0.25) is 5.95 Å². The predicted octanol–water partition coefficient (Wildman–Crippen LogP) is 3.04. The highest BCUT2D eigenvalue weighted by atomic mass is 19.1. The van der Waals surface area contributed by atoms with Gasteiger partial charge in [0, 0.05) is 24.8 Å². The molecule has 3 atom stereocenters. The fourth-order valence-electron chi connectivity index (χ4n) is 6.59. The SMILES string of the molecule is COC(=O)C(C)c1nc(N(C)C2C3CC4CC2CC(O)(C4)C3)nc(Nc2cc(C)[nH]n2)c1F. The first-order valence-electron chi connectivity index (χ1n) is 11.6. The summed E-state index contributed by atoms with van der Waals surface area (Å²) in [6.07, 6.45) is 4.62. The third kappa shape index (κ3) is 3.84. The van der Waals surface area contributed by atoms with E-state index in [1.165, 1.54) is 7.11 Å². The summed E-state index contributed by atoms with van der Waals surface area (Å²) in [6, 6.07) is 1.90. The van der Waals surface area contributed by atoms with Crippen LogP contribution in [0.1, 0.15) is 56.3 Å². The van der Waals surface area contributed by atoms with E-state index in [0.717, 1.165) is 37.8 Å². The minimum atomic E-state index is -0.897. The minimum absolute atomic E-state index is 0.0177. The van der Waals surface area contributed by atoms with Crippen LogP contribution in [0.4, 0.5) is 22.0 Å². The number of hydrogen-bond acceptors (Lipinski definition) is 8. The molecule has 33 heavy (non-hydrogen) atoms. The monoisotopic (exact) mass is 458 g/mol. The number of aromatic amines is 1. The molecule has 4 bridgehead atoms. The predicted molar refractivity (Wildman–Crippen MR) is 120 cm³/mol. The molecular weight excluding hydrogens is 427 g/mol. The lowest BCUT2D eigenvalue weighted by molar-refractivity contribution is -0.142. The van der Waals surface area contributed by atoms with Crippen LogP contribution in [0.5, 0.6) is 0 Å². The Labute approximate surface area is 192 Å². The quantitative estimate of drug-likeness (QED) is 0.566. The van der Waals surface area contributed by atoms with Gasteiger partial charge in [0.25, 0.3) is 0 Å². The molecule has 2 heterocycles. The number of aromatic nitrogens is 4. The Bertz CT molecular complexity index is 1060. The summed E-state index contributed by atoms with van der Waals surface area (Å²) in [4.78, 5) is 23.3. The molecular formula is C23H31FN6O3. The Morgan fingerprint density at radius 2 is 2.03 bits per heavy atom. The topological polar surface area (TPSA) is 116 Å². The lowest BCUT2D eigenvalue weighted by Gasteiger charge is -2.59. The van der Waals surface area contributed by atoms with E-state index >= 15 is 4.39 Å². The molecule has 3 N–H and O–H groups in total. The van der Waals surface area contributed by atoms with Crippen LogP contribution in [0.25, 0.3) is 0 Å². The number of ether oxygens (including phenoxy) is 1. The maximum Gasteiger partial charge on any atom is 0.314 e. The van der Waals surface area contributed by atoms with E-state index in [1.54, 1.807) is 13.0 Å². The van der Waals surface area contributed by atoms with Crippen molar-refractivity contribution >= 4 is 23.6 Å². The Kier molecular flexibility index (Phi) is 5.30. The number of halogens is 1. The summed E-state index contributed by atoms with van der Waals surface area (Å²) in [5.41, 5.74) is 0.252. The molecule has 0 aliphatic heterocycles. The van der Waals surface area contributed by atoms with Crippen molar-refractivity contribution in [2.24, 2.45) is 17.8 Å². The first kappa shape index (κ1) is 22.1. The van der Waals surface area contributed by atoms with Gasteiger partial charge < -0.3 is 20.1 Å². The molecule has 0 radical (unpaired) electrons. The fraction of sp³-hybridized carbons (Fsp3) is 0.652. The molecule has 178 valence electrons. The number of anilines is 3. The number of carbonyl (C=O) groups excluding carboxylic acids is 1. The van der Waals surface area contributed by atoms with Crippen LogP contribution in [-0.4, -0.2) is 57.0 Å². The highest BCUT2D eigenvalue weighted by molar-refractivity contribution is 5.77. The summed E-state index contributed by atoms with van der Waals surface area (Å²) in [6.45, 7) is 3.42. The highest BCUT2D eigenvalue weighted by Gasteiger charge is 2.56. The van der Waals surface area contributed by atoms with E-state index in [4.69, 9.17) is 4.74 Å². The average Bonchev–Trinajstić information content (AvgIpc) is 3.17. The fourth-order valence-corrected chi connectivity index (χ4v) is 6.59. The van der Waals surface area contributed by atoms with Gasteiger partial charge in [0.15, 0.2) is 17.5 Å². The molecule has 0 spiro atoms. The Morgan fingerprint density at radius 1 is 1.33 bits per heavy atom. The summed E-state index contributed by atoms with van der Waals surface area (Å²) >= 11 is 0. The second-order valence-corrected chi connectivity index (χ2v) is 10.2. The number of H-pyrrole nitrogens is 1. The lowest BCUT2D eigenvalue weighted by Crippen LogP contribution is -2.61. The van der Waals surface area contributed by atoms with Crippen LogP contribution in [0.15, 0.2) is 6.07 Å². The Hall–Kier alpha value is -2.75. The molecule has 4 aliphatic rings. The van der Waals surface area contributed by atoms with E-state index in [0.29, 0.717) is 29.5 Å². The van der Waals surface area contributed by atoms with Crippen molar-refractivity contribution in [3.05, 3.63) is 23.3 Å². The minimum Gasteiger partial charge on any atom is -0.469 e. The molecule has 2 aromatic heterocycles. The largest absolute Gasteiger partial charge is 0.469 e. The molecule has 4 fully saturated rings. The third-order valence-corrected chi connectivity index (χ3v) is 7.74. The van der Waals surface area contributed by atoms with E-state index in [2.05, 4.69) is 25.5 Å². The molecule has 4 aliphatic carbocycles. The van der Waals surface area contributed by atoms with Crippen LogP contribution in [0.3, 0.4) is 0 Å². The molecule has 0 saturated heterocycles. The number of rotatable bonds is 6. The molecule has 0 amide bonds. The van der Waals surface area contributed by atoms with Crippen molar-refractivity contribution in [2.75, 3.05) is 24.4 Å². The third-order valence-electron chi connectivity index (χ3n) is 7.74. The van der Waals surface area contributed by atoms with Crippen LogP contribution in [-0.2, 0) is 9.53 Å². The number of esters is 1. The summed E-state index contributed by atoms with van der Waals surface area (Å²) in [5, 5.41) is 20.8. The number of nitrogens with zero attached hydrogens (tertiary/aromatic N) is 4. The zero-order valence-corrected chi connectivity index (χ0v) is 19.4. The van der Waals surface area contributed by atoms with Gasteiger partial charge in [-0.1, -0.05) is 0 Å². The van der Waals surface area contributed by atoms with Crippen molar-refractivity contribution in [2.45, 2.75) is 63.5 Å². The van der Waals surface area contributed by atoms with Crippen molar-refractivity contribution < 1.29 is 19.0 Å². The van der Waals surface area contributed by atoms with E-state index < -0.39 is 23.3 Å². The van der Waals surface area contributed by atoms with E-state index in [9.17, 15) is 9.90 Å². The lowest BCUT2D eigenvalue weighted by atomic mass is 9.52. The molecule has 2 aromatic rings. The standard InChI is InChI=1S/C23H31FN6O3/c1-11-5-16(29-28-11)25-20-17(24)18(12(2)21(31)33-4)26-22(27-20)30(3)19-14-6-13-7-15(19)10-23(32,8-13)9-14/h5,12-15,19,32H,6-10H2,1-4H3,(H2,25,26,27,28,29). The maximum atomic E-state index is 15.5. The number of nitrogens with one attached hydrogen (secondary N) is 2. The second kappa shape index (κ2) is 7.93. The van der Waals surface area contributed by atoms with Gasteiger partial charge in [-0.25, -0.2) is 9.37 Å². The zero-order chi connectivity index (χ0) is 23.5. The maximum absolute atomic E-state index is 15.5. The van der Waals surface area contributed by atoms with Crippen molar-refractivity contribution in [3.63, 3.8) is 0 Å². The first-order chi connectivity index (χ1) is 15.7. The van der Waals surface area contributed by atoms with Gasteiger partial charge in [-0.05, 0) is 63.7 Å². The van der Waals surface area contributed by atoms with E-state index in [1.807, 2.05) is 18.9 Å². The Balaban J connectivity index is 1.52. The number of carbonyl (C=O) groups is 1. The summed E-state index contributed by atoms with van der Waals surface area (Å²) in [7, 11) is 3.20. The average molecular weight is 459 g/mol. The van der Waals surface area contributed by atoms with Crippen LogP contribution < -0.4 is 10.2 Å². The molecule has 0 aromatic carbocycles. The van der Waals surface area contributed by atoms with Gasteiger partial charge in [-0.15, -0.1) is 0 Å². The van der Waals surface area contributed by atoms with Gasteiger partial charge >= 0.3 is 5.97 Å². The van der Waals surface area contributed by atoms with Crippen molar-refractivity contribution in [1.82, 2.24) is 20.2 Å². The van der Waals surface area contributed by atoms with Crippen molar-refractivity contribution in [1.29, 1.82) is 0 Å².